The fourth-order valence-electron chi connectivity index (χ4n) is 4.52. The first-order chi connectivity index (χ1) is 9.61. The normalized spacial score (nSPS) is 32.9. The van der Waals surface area contributed by atoms with Crippen LogP contribution in [0.5, 0.6) is 0 Å². The molecular formula is C16H31Cl2N3O. The van der Waals surface area contributed by atoms with Crippen LogP contribution in [0.4, 0.5) is 0 Å². The van der Waals surface area contributed by atoms with Gasteiger partial charge in [-0.15, -0.1) is 24.8 Å². The Morgan fingerprint density at radius 2 is 1.82 bits per heavy atom. The van der Waals surface area contributed by atoms with E-state index in [0.29, 0.717) is 12.6 Å². The molecule has 2 saturated carbocycles. The molecule has 4 unspecified atom stereocenters. The second-order valence-corrected chi connectivity index (χ2v) is 7.27. The van der Waals surface area contributed by atoms with E-state index in [2.05, 4.69) is 29.1 Å². The maximum Gasteiger partial charge on any atom is 0.234 e. The van der Waals surface area contributed by atoms with Crippen molar-refractivity contribution >= 4 is 30.7 Å². The minimum atomic E-state index is 0. The molecule has 3 rings (SSSR count). The van der Waals surface area contributed by atoms with Crippen LogP contribution in [0.25, 0.3) is 0 Å². The molecule has 0 aromatic rings. The number of fused-ring (bicyclic) bond motifs is 2. The van der Waals surface area contributed by atoms with E-state index < -0.39 is 0 Å². The molecule has 130 valence electrons. The average Bonchev–Trinajstić information content (AvgIpc) is 3.03. The van der Waals surface area contributed by atoms with Crippen molar-refractivity contribution in [3.05, 3.63) is 0 Å². The molecule has 2 aliphatic carbocycles. The highest BCUT2D eigenvalue weighted by Gasteiger charge is 2.42. The monoisotopic (exact) mass is 351 g/mol. The summed E-state index contributed by atoms with van der Waals surface area (Å²) in [7, 11) is 2.15. The molecule has 1 saturated heterocycles. The van der Waals surface area contributed by atoms with Crippen LogP contribution in [0.1, 0.15) is 32.6 Å². The number of hydrogen-bond acceptors (Lipinski definition) is 3. The lowest BCUT2D eigenvalue weighted by Crippen LogP contribution is -2.50. The number of hydrogen-bond donors (Lipinski definition) is 1. The number of nitrogens with zero attached hydrogens (tertiary/aromatic N) is 2. The summed E-state index contributed by atoms with van der Waals surface area (Å²) in [5.41, 5.74) is 0. The van der Waals surface area contributed by atoms with E-state index in [-0.39, 0.29) is 30.7 Å². The maximum absolute atomic E-state index is 12.2. The lowest BCUT2D eigenvalue weighted by Gasteiger charge is -2.33. The highest BCUT2D eigenvalue weighted by Crippen LogP contribution is 2.49. The van der Waals surface area contributed by atoms with Crippen molar-refractivity contribution in [2.24, 2.45) is 17.8 Å². The van der Waals surface area contributed by atoms with Crippen molar-refractivity contribution in [3.8, 4) is 0 Å². The molecule has 4 nitrogen and oxygen atoms in total. The van der Waals surface area contributed by atoms with Gasteiger partial charge in [0, 0.05) is 32.2 Å². The highest BCUT2D eigenvalue weighted by molar-refractivity contribution is 5.85. The predicted octanol–water partition coefficient (Wildman–Crippen LogP) is 2.02. The van der Waals surface area contributed by atoms with E-state index in [0.717, 1.165) is 43.9 Å². The van der Waals surface area contributed by atoms with Gasteiger partial charge in [0.15, 0.2) is 0 Å². The zero-order chi connectivity index (χ0) is 14.1. The molecule has 3 fully saturated rings. The van der Waals surface area contributed by atoms with E-state index >= 15 is 0 Å². The first-order valence-corrected chi connectivity index (χ1v) is 8.32. The Morgan fingerprint density at radius 1 is 1.14 bits per heavy atom. The van der Waals surface area contributed by atoms with Gasteiger partial charge in [0.2, 0.25) is 5.91 Å². The molecule has 4 atom stereocenters. The predicted molar refractivity (Wildman–Crippen MR) is 95.0 cm³/mol. The fraction of sp³-hybridized carbons (Fsp3) is 0.938. The van der Waals surface area contributed by atoms with Gasteiger partial charge >= 0.3 is 0 Å². The molecule has 0 radical (unpaired) electrons. The van der Waals surface area contributed by atoms with E-state index in [4.69, 9.17) is 0 Å². The average molecular weight is 352 g/mol. The van der Waals surface area contributed by atoms with Gasteiger partial charge in [-0.3, -0.25) is 9.69 Å². The van der Waals surface area contributed by atoms with Gasteiger partial charge in [-0.25, -0.2) is 0 Å². The van der Waals surface area contributed by atoms with Gasteiger partial charge in [0.05, 0.1) is 6.54 Å². The summed E-state index contributed by atoms with van der Waals surface area (Å²) in [4.78, 5) is 16.8. The molecule has 1 N–H and O–H groups in total. The van der Waals surface area contributed by atoms with Crippen LogP contribution < -0.4 is 5.32 Å². The Labute approximate surface area is 147 Å². The van der Waals surface area contributed by atoms with Crippen molar-refractivity contribution in [1.82, 2.24) is 15.1 Å². The molecule has 0 spiro atoms. The summed E-state index contributed by atoms with van der Waals surface area (Å²) >= 11 is 0. The van der Waals surface area contributed by atoms with Crippen molar-refractivity contribution in [1.29, 1.82) is 0 Å². The zero-order valence-corrected chi connectivity index (χ0v) is 15.4. The zero-order valence-electron chi connectivity index (χ0n) is 13.8. The number of amides is 1. The van der Waals surface area contributed by atoms with Gasteiger partial charge < -0.3 is 10.2 Å². The number of carbonyl (C=O) groups is 1. The Morgan fingerprint density at radius 3 is 2.36 bits per heavy atom. The molecular weight excluding hydrogens is 321 g/mol. The van der Waals surface area contributed by atoms with Crippen molar-refractivity contribution in [3.63, 3.8) is 0 Å². The Balaban J connectivity index is 0.00000121. The minimum absolute atomic E-state index is 0. The van der Waals surface area contributed by atoms with Crippen LogP contribution in [0.3, 0.4) is 0 Å². The van der Waals surface area contributed by atoms with E-state index in [1.807, 2.05) is 0 Å². The lowest BCUT2D eigenvalue weighted by molar-refractivity contribution is -0.123. The van der Waals surface area contributed by atoms with Crippen LogP contribution in [-0.4, -0.2) is 61.5 Å². The van der Waals surface area contributed by atoms with E-state index in [9.17, 15) is 4.79 Å². The van der Waals surface area contributed by atoms with Gasteiger partial charge in [0.25, 0.3) is 0 Å². The number of rotatable bonds is 4. The molecule has 0 aromatic heterocycles. The smallest absolute Gasteiger partial charge is 0.234 e. The van der Waals surface area contributed by atoms with Crippen LogP contribution in [0.2, 0.25) is 0 Å². The number of nitrogens with one attached hydrogen (secondary N) is 1. The van der Waals surface area contributed by atoms with Gasteiger partial charge in [-0.1, -0.05) is 6.42 Å². The minimum Gasteiger partial charge on any atom is -0.352 e. The molecule has 1 heterocycles. The maximum atomic E-state index is 12.2. The summed E-state index contributed by atoms with van der Waals surface area (Å²) < 4.78 is 0. The number of likely N-dealkylation sites (N-methyl/N-ethyl adjacent to an activating group) is 1. The van der Waals surface area contributed by atoms with Crippen LogP contribution in [-0.2, 0) is 4.79 Å². The summed E-state index contributed by atoms with van der Waals surface area (Å²) in [6, 6.07) is 0.366. The number of piperazine rings is 1. The second-order valence-electron chi connectivity index (χ2n) is 7.27. The van der Waals surface area contributed by atoms with Crippen molar-refractivity contribution < 1.29 is 4.79 Å². The summed E-state index contributed by atoms with van der Waals surface area (Å²) in [6.07, 6.45) is 5.60. The molecule has 6 heteroatoms. The molecule has 2 bridgehead atoms. The topological polar surface area (TPSA) is 35.6 Å². The van der Waals surface area contributed by atoms with Crippen molar-refractivity contribution in [2.75, 3.05) is 39.8 Å². The third kappa shape index (κ3) is 4.73. The third-order valence-corrected chi connectivity index (χ3v) is 5.79. The lowest BCUT2D eigenvalue weighted by atomic mass is 9.84. The molecule has 1 amide bonds. The van der Waals surface area contributed by atoms with Gasteiger partial charge in [-0.05, 0) is 51.0 Å². The molecule has 0 aromatic carbocycles. The van der Waals surface area contributed by atoms with Crippen LogP contribution >= 0.6 is 24.8 Å². The Kier molecular flexibility index (Phi) is 7.93. The number of carbonyl (C=O) groups excluding carboxylic acids is 1. The molecule has 22 heavy (non-hydrogen) atoms. The largest absolute Gasteiger partial charge is 0.352 e. The van der Waals surface area contributed by atoms with Crippen LogP contribution in [0, 0.1) is 17.8 Å². The van der Waals surface area contributed by atoms with Gasteiger partial charge in [-0.2, -0.15) is 0 Å². The van der Waals surface area contributed by atoms with E-state index in [1.54, 1.807) is 0 Å². The Hall–Kier alpha value is -0.0300. The fourth-order valence-corrected chi connectivity index (χ4v) is 4.52. The highest BCUT2D eigenvalue weighted by atomic mass is 35.5. The van der Waals surface area contributed by atoms with Gasteiger partial charge in [0.1, 0.15) is 0 Å². The number of halogens is 2. The standard InChI is InChI=1S/C16H29N3O.2ClH/c1-12(15-10-13-3-4-14(15)9-13)17-16(20)11-19-7-5-18(2)6-8-19;;/h12-15H,3-11H2,1-2H3,(H,17,20);2*1H. The molecule has 3 aliphatic rings. The Bertz CT molecular complexity index is 361. The first kappa shape index (κ1) is 20.0. The quantitative estimate of drug-likeness (QED) is 0.841. The summed E-state index contributed by atoms with van der Waals surface area (Å²) in [5, 5.41) is 3.27. The third-order valence-electron chi connectivity index (χ3n) is 5.79. The summed E-state index contributed by atoms with van der Waals surface area (Å²) in [6.45, 7) is 7.00. The second kappa shape index (κ2) is 8.72. The van der Waals surface area contributed by atoms with Crippen LogP contribution in [0.15, 0.2) is 0 Å². The molecule has 1 aliphatic heterocycles. The summed E-state index contributed by atoms with van der Waals surface area (Å²) in [5.74, 6) is 2.82. The first-order valence-electron chi connectivity index (χ1n) is 8.32. The van der Waals surface area contributed by atoms with E-state index in [1.165, 1.54) is 25.7 Å². The SMILES string of the molecule is CC(NC(=O)CN1CCN(C)CC1)C1CC2CCC1C2.Cl.Cl. The van der Waals surface area contributed by atoms with Crippen molar-refractivity contribution in [2.45, 2.75) is 38.6 Å².